The van der Waals surface area contributed by atoms with Crippen LogP contribution in [0.25, 0.3) is 0 Å². The highest BCUT2D eigenvalue weighted by Gasteiger charge is 2.30. The van der Waals surface area contributed by atoms with Crippen molar-refractivity contribution in [2.24, 2.45) is 0 Å². The van der Waals surface area contributed by atoms with Crippen LogP contribution in [0.3, 0.4) is 0 Å². The lowest BCUT2D eigenvalue weighted by molar-refractivity contribution is -0.384. The molecule has 1 amide bonds. The SMILES string of the molecule is CN(C)c1ccc(C(=O)OCC(=O)Nc2ccc(C(F)(F)F)cc2)cc1[N+](=O)[O-]. The summed E-state index contributed by atoms with van der Waals surface area (Å²) in [5.41, 5.74) is -0.926. The summed E-state index contributed by atoms with van der Waals surface area (Å²) in [5, 5.41) is 13.4. The Morgan fingerprint density at radius 2 is 1.76 bits per heavy atom. The molecular formula is C18H16F3N3O5. The number of nitro groups is 1. The molecule has 0 aliphatic carbocycles. The van der Waals surface area contributed by atoms with Crippen molar-refractivity contribution in [1.82, 2.24) is 0 Å². The molecule has 0 heterocycles. The van der Waals surface area contributed by atoms with Crippen LogP contribution in [0.15, 0.2) is 42.5 Å². The number of alkyl halides is 3. The lowest BCUT2D eigenvalue weighted by Crippen LogP contribution is -2.21. The van der Waals surface area contributed by atoms with Crippen molar-refractivity contribution in [3.63, 3.8) is 0 Å². The summed E-state index contributed by atoms with van der Waals surface area (Å²) in [6.45, 7) is -0.719. The Bertz CT molecular complexity index is 927. The maximum absolute atomic E-state index is 12.5. The van der Waals surface area contributed by atoms with E-state index < -0.39 is 35.1 Å². The molecule has 0 atom stereocenters. The number of carbonyl (C=O) groups is 2. The second-order valence-corrected chi connectivity index (χ2v) is 6.05. The van der Waals surface area contributed by atoms with Crippen LogP contribution in [0.5, 0.6) is 0 Å². The van der Waals surface area contributed by atoms with E-state index in [9.17, 15) is 32.9 Å². The van der Waals surface area contributed by atoms with Gasteiger partial charge in [-0.05, 0) is 36.4 Å². The van der Waals surface area contributed by atoms with Crippen molar-refractivity contribution < 1.29 is 32.4 Å². The van der Waals surface area contributed by atoms with E-state index >= 15 is 0 Å². The van der Waals surface area contributed by atoms with Crippen molar-refractivity contribution in [2.75, 3.05) is 30.9 Å². The molecule has 2 aromatic carbocycles. The molecule has 0 saturated carbocycles. The third-order valence-electron chi connectivity index (χ3n) is 3.72. The number of anilines is 2. The van der Waals surface area contributed by atoms with Gasteiger partial charge in [0.25, 0.3) is 11.6 Å². The molecule has 0 unspecified atom stereocenters. The molecule has 2 aromatic rings. The summed E-state index contributed by atoms with van der Waals surface area (Å²) in [5.74, 6) is -1.74. The summed E-state index contributed by atoms with van der Waals surface area (Å²) in [4.78, 5) is 35.9. The molecule has 2 rings (SSSR count). The maximum Gasteiger partial charge on any atom is 0.416 e. The van der Waals surface area contributed by atoms with Crippen LogP contribution in [0.1, 0.15) is 15.9 Å². The van der Waals surface area contributed by atoms with E-state index in [1.807, 2.05) is 0 Å². The van der Waals surface area contributed by atoms with Crippen LogP contribution >= 0.6 is 0 Å². The van der Waals surface area contributed by atoms with Gasteiger partial charge < -0.3 is 15.0 Å². The fourth-order valence-electron chi connectivity index (χ4n) is 2.33. The minimum Gasteiger partial charge on any atom is -0.452 e. The highest BCUT2D eigenvalue weighted by molar-refractivity contribution is 5.96. The van der Waals surface area contributed by atoms with Gasteiger partial charge in [0.05, 0.1) is 16.1 Å². The third-order valence-corrected chi connectivity index (χ3v) is 3.72. The Balaban J connectivity index is 1.99. The largest absolute Gasteiger partial charge is 0.452 e. The average Bonchev–Trinajstić information content (AvgIpc) is 2.65. The molecule has 0 aromatic heterocycles. The number of halogens is 3. The minimum atomic E-state index is -4.50. The summed E-state index contributed by atoms with van der Waals surface area (Å²) >= 11 is 0. The summed E-state index contributed by atoms with van der Waals surface area (Å²) in [6.07, 6.45) is -4.50. The van der Waals surface area contributed by atoms with E-state index in [2.05, 4.69) is 5.32 Å². The zero-order valence-electron chi connectivity index (χ0n) is 15.3. The number of rotatable bonds is 6. The van der Waals surface area contributed by atoms with Crippen molar-refractivity contribution in [3.05, 3.63) is 63.7 Å². The molecule has 0 fully saturated rings. The Hall–Kier alpha value is -3.63. The van der Waals surface area contributed by atoms with Crippen LogP contribution in [0.4, 0.5) is 30.2 Å². The number of hydrogen-bond donors (Lipinski definition) is 1. The van der Waals surface area contributed by atoms with Gasteiger partial charge in [-0.15, -0.1) is 0 Å². The zero-order valence-corrected chi connectivity index (χ0v) is 15.3. The lowest BCUT2D eigenvalue weighted by atomic mass is 10.1. The second kappa shape index (κ2) is 8.59. The molecule has 0 saturated heterocycles. The summed E-state index contributed by atoms with van der Waals surface area (Å²) in [7, 11) is 3.21. The van der Waals surface area contributed by atoms with Gasteiger partial charge in [-0.2, -0.15) is 13.2 Å². The normalized spacial score (nSPS) is 10.9. The molecule has 29 heavy (non-hydrogen) atoms. The van der Waals surface area contributed by atoms with Gasteiger partial charge in [-0.1, -0.05) is 0 Å². The quantitative estimate of drug-likeness (QED) is 0.444. The lowest BCUT2D eigenvalue weighted by Gasteiger charge is -2.13. The van der Waals surface area contributed by atoms with Crippen LogP contribution in [0, 0.1) is 10.1 Å². The first-order valence-electron chi connectivity index (χ1n) is 8.09. The summed E-state index contributed by atoms with van der Waals surface area (Å²) in [6, 6.07) is 7.44. The van der Waals surface area contributed by atoms with Gasteiger partial charge in [-0.3, -0.25) is 14.9 Å². The predicted octanol–water partition coefficient (Wildman–Crippen LogP) is 3.48. The fraction of sp³-hybridized carbons (Fsp3) is 0.222. The third kappa shape index (κ3) is 5.67. The number of ether oxygens (including phenoxy) is 1. The number of hydrogen-bond acceptors (Lipinski definition) is 6. The minimum absolute atomic E-state index is 0.0880. The molecule has 0 radical (unpaired) electrons. The van der Waals surface area contributed by atoms with E-state index in [4.69, 9.17) is 4.74 Å². The van der Waals surface area contributed by atoms with Crippen LogP contribution in [-0.2, 0) is 15.7 Å². The van der Waals surface area contributed by atoms with Crippen molar-refractivity contribution in [3.8, 4) is 0 Å². The zero-order chi connectivity index (χ0) is 21.8. The first-order chi connectivity index (χ1) is 13.5. The smallest absolute Gasteiger partial charge is 0.416 e. The first kappa shape index (κ1) is 21.7. The van der Waals surface area contributed by atoms with Crippen LogP contribution < -0.4 is 10.2 Å². The Morgan fingerprint density at radius 3 is 2.28 bits per heavy atom. The number of esters is 1. The number of benzene rings is 2. The highest BCUT2D eigenvalue weighted by Crippen LogP contribution is 2.30. The van der Waals surface area contributed by atoms with Crippen molar-refractivity contribution in [1.29, 1.82) is 0 Å². The van der Waals surface area contributed by atoms with Crippen LogP contribution in [-0.4, -0.2) is 37.5 Å². The van der Waals surface area contributed by atoms with Crippen molar-refractivity contribution in [2.45, 2.75) is 6.18 Å². The van der Waals surface area contributed by atoms with E-state index in [1.54, 1.807) is 14.1 Å². The van der Waals surface area contributed by atoms with E-state index in [1.165, 1.54) is 17.0 Å². The van der Waals surface area contributed by atoms with E-state index in [-0.39, 0.29) is 22.6 Å². The summed E-state index contributed by atoms with van der Waals surface area (Å²) < 4.78 is 42.3. The Morgan fingerprint density at radius 1 is 1.14 bits per heavy atom. The van der Waals surface area contributed by atoms with Gasteiger partial charge in [0.15, 0.2) is 6.61 Å². The van der Waals surface area contributed by atoms with Crippen LogP contribution in [0.2, 0.25) is 0 Å². The van der Waals surface area contributed by atoms with Gasteiger partial charge in [0, 0.05) is 25.8 Å². The number of nitrogens with zero attached hydrogens (tertiary/aromatic N) is 2. The number of nitrogens with one attached hydrogen (secondary N) is 1. The standard InChI is InChI=1S/C18H16F3N3O5/c1-23(2)14-8-3-11(9-15(14)24(27)28)17(26)29-10-16(25)22-13-6-4-12(5-7-13)18(19,20)21/h3-9H,10H2,1-2H3,(H,22,25). The fourth-order valence-corrected chi connectivity index (χ4v) is 2.33. The predicted molar refractivity (Wildman–Crippen MR) is 97.8 cm³/mol. The number of carbonyl (C=O) groups excluding carboxylic acids is 2. The highest BCUT2D eigenvalue weighted by atomic mass is 19.4. The molecule has 1 N–H and O–H groups in total. The first-order valence-corrected chi connectivity index (χ1v) is 8.09. The molecular weight excluding hydrogens is 395 g/mol. The van der Waals surface area contributed by atoms with Gasteiger partial charge in [-0.25, -0.2) is 4.79 Å². The molecule has 0 bridgehead atoms. The molecule has 8 nitrogen and oxygen atoms in total. The topological polar surface area (TPSA) is 102 Å². The average molecular weight is 411 g/mol. The number of nitro benzene ring substituents is 1. The molecule has 11 heteroatoms. The Kier molecular flexibility index (Phi) is 6.42. The van der Waals surface area contributed by atoms with Crippen molar-refractivity contribution >= 4 is 28.9 Å². The number of amides is 1. The molecule has 0 aliphatic rings. The van der Waals surface area contributed by atoms with Gasteiger partial charge in [0.2, 0.25) is 0 Å². The second-order valence-electron chi connectivity index (χ2n) is 6.05. The van der Waals surface area contributed by atoms with Gasteiger partial charge >= 0.3 is 12.1 Å². The molecule has 0 spiro atoms. The Labute approximate surface area is 163 Å². The van der Waals surface area contributed by atoms with Gasteiger partial charge in [0.1, 0.15) is 5.69 Å². The molecule has 0 aliphatic heterocycles. The maximum atomic E-state index is 12.5. The molecule has 154 valence electrons. The monoisotopic (exact) mass is 411 g/mol. The van der Waals surface area contributed by atoms with E-state index in [0.29, 0.717) is 0 Å². The van der Waals surface area contributed by atoms with E-state index in [0.717, 1.165) is 30.3 Å².